The molecule has 1 aromatic rings. The van der Waals surface area contributed by atoms with Crippen LogP contribution in [0, 0.1) is 0 Å². The molecule has 110 valence electrons. The summed E-state index contributed by atoms with van der Waals surface area (Å²) >= 11 is 6.25. The Morgan fingerprint density at radius 2 is 2.21 bits per heavy atom. The molecule has 1 rings (SSSR count). The number of rotatable bonds is 10. The fourth-order valence-corrected chi connectivity index (χ4v) is 2.21. The molecule has 1 unspecified atom stereocenters. The van der Waals surface area contributed by atoms with E-state index in [2.05, 4.69) is 24.3 Å². The van der Waals surface area contributed by atoms with E-state index in [0.29, 0.717) is 24.8 Å². The standard InChI is InChI=1S/C13H24ClN3O2/c1-4-6-17-13(11(14)9-16-17)12(15-5-2)10-19-8-7-18-3/h9,12,15H,4-8,10H2,1-3H3. The van der Waals surface area contributed by atoms with Gasteiger partial charge in [0.25, 0.3) is 0 Å². The maximum Gasteiger partial charge on any atom is 0.0835 e. The molecule has 0 saturated heterocycles. The smallest absolute Gasteiger partial charge is 0.0835 e. The summed E-state index contributed by atoms with van der Waals surface area (Å²) in [7, 11) is 1.67. The molecule has 1 N–H and O–H groups in total. The zero-order valence-electron chi connectivity index (χ0n) is 12.0. The number of methoxy groups -OCH3 is 1. The van der Waals surface area contributed by atoms with Crippen molar-refractivity contribution in [1.82, 2.24) is 15.1 Å². The fraction of sp³-hybridized carbons (Fsp3) is 0.769. The third-order valence-electron chi connectivity index (χ3n) is 2.77. The van der Waals surface area contributed by atoms with Crippen LogP contribution in [-0.4, -0.2) is 43.3 Å². The summed E-state index contributed by atoms with van der Waals surface area (Å²) in [5, 5.41) is 8.40. The normalized spacial score (nSPS) is 12.8. The van der Waals surface area contributed by atoms with E-state index in [1.807, 2.05) is 4.68 Å². The summed E-state index contributed by atoms with van der Waals surface area (Å²) in [6.07, 6.45) is 2.72. The van der Waals surface area contributed by atoms with Gasteiger partial charge < -0.3 is 14.8 Å². The van der Waals surface area contributed by atoms with E-state index < -0.39 is 0 Å². The Balaban J connectivity index is 2.70. The van der Waals surface area contributed by atoms with Crippen molar-refractivity contribution in [1.29, 1.82) is 0 Å². The van der Waals surface area contributed by atoms with Crippen molar-refractivity contribution in [3.05, 3.63) is 16.9 Å². The topological polar surface area (TPSA) is 48.3 Å². The van der Waals surface area contributed by atoms with E-state index in [0.717, 1.165) is 25.2 Å². The predicted octanol–water partition coefficient (Wildman–Crippen LogP) is 2.26. The van der Waals surface area contributed by atoms with Crippen molar-refractivity contribution >= 4 is 11.6 Å². The van der Waals surface area contributed by atoms with Gasteiger partial charge >= 0.3 is 0 Å². The first-order valence-electron chi connectivity index (χ1n) is 6.75. The van der Waals surface area contributed by atoms with Gasteiger partial charge in [0, 0.05) is 13.7 Å². The predicted molar refractivity (Wildman–Crippen MR) is 76.6 cm³/mol. The molecule has 0 spiro atoms. The molecule has 6 heteroatoms. The van der Waals surface area contributed by atoms with Gasteiger partial charge in [0.1, 0.15) is 0 Å². The first kappa shape index (κ1) is 16.4. The summed E-state index contributed by atoms with van der Waals surface area (Å²) < 4.78 is 12.5. The average molecular weight is 290 g/mol. The highest BCUT2D eigenvalue weighted by Crippen LogP contribution is 2.23. The molecule has 0 radical (unpaired) electrons. The van der Waals surface area contributed by atoms with E-state index in [-0.39, 0.29) is 6.04 Å². The fourth-order valence-electron chi connectivity index (χ4n) is 1.93. The van der Waals surface area contributed by atoms with Crippen LogP contribution in [0.5, 0.6) is 0 Å². The zero-order chi connectivity index (χ0) is 14.1. The molecule has 0 saturated carbocycles. The number of aryl methyl sites for hydroxylation is 1. The number of hydrogen-bond donors (Lipinski definition) is 1. The SMILES string of the molecule is CCCn1ncc(Cl)c1C(COCCOC)NCC. The lowest BCUT2D eigenvalue weighted by Gasteiger charge is -2.20. The van der Waals surface area contributed by atoms with Crippen LogP contribution in [0.4, 0.5) is 0 Å². The maximum atomic E-state index is 6.25. The second-order valence-corrected chi connectivity index (χ2v) is 4.69. The van der Waals surface area contributed by atoms with Crippen molar-refractivity contribution in [3.8, 4) is 0 Å². The van der Waals surface area contributed by atoms with Crippen LogP contribution in [0.15, 0.2) is 6.20 Å². The Bertz CT molecular complexity index is 358. The Kier molecular flexibility index (Phi) is 8.05. The molecule has 19 heavy (non-hydrogen) atoms. The van der Waals surface area contributed by atoms with Crippen LogP contribution in [0.2, 0.25) is 5.02 Å². The first-order chi connectivity index (χ1) is 9.24. The number of halogens is 1. The molecule has 1 heterocycles. The van der Waals surface area contributed by atoms with Crippen molar-refractivity contribution in [2.24, 2.45) is 0 Å². The molecule has 0 aliphatic carbocycles. The van der Waals surface area contributed by atoms with Gasteiger partial charge in [-0.1, -0.05) is 25.4 Å². The van der Waals surface area contributed by atoms with Crippen LogP contribution in [0.3, 0.4) is 0 Å². The molecular weight excluding hydrogens is 266 g/mol. The Morgan fingerprint density at radius 1 is 1.42 bits per heavy atom. The molecule has 1 aromatic heterocycles. The minimum Gasteiger partial charge on any atom is -0.382 e. The molecular formula is C13H24ClN3O2. The summed E-state index contributed by atoms with van der Waals surface area (Å²) in [6, 6.07) is 0.0587. The van der Waals surface area contributed by atoms with E-state index in [4.69, 9.17) is 21.1 Å². The summed E-state index contributed by atoms with van der Waals surface area (Å²) in [5.41, 5.74) is 1.00. The van der Waals surface area contributed by atoms with Crippen molar-refractivity contribution in [2.45, 2.75) is 32.9 Å². The summed E-state index contributed by atoms with van der Waals surface area (Å²) in [5.74, 6) is 0. The molecule has 0 fully saturated rings. The van der Waals surface area contributed by atoms with Gasteiger partial charge in [-0.2, -0.15) is 5.10 Å². The van der Waals surface area contributed by atoms with Crippen molar-refractivity contribution in [2.75, 3.05) is 33.5 Å². The number of nitrogens with zero attached hydrogens (tertiary/aromatic N) is 2. The highest BCUT2D eigenvalue weighted by molar-refractivity contribution is 6.31. The minimum absolute atomic E-state index is 0.0587. The van der Waals surface area contributed by atoms with Crippen LogP contribution < -0.4 is 5.32 Å². The van der Waals surface area contributed by atoms with Crippen LogP contribution in [0.25, 0.3) is 0 Å². The zero-order valence-corrected chi connectivity index (χ0v) is 12.7. The van der Waals surface area contributed by atoms with Crippen molar-refractivity contribution < 1.29 is 9.47 Å². The third-order valence-corrected chi connectivity index (χ3v) is 3.06. The van der Waals surface area contributed by atoms with Gasteiger partial charge in [0.05, 0.1) is 42.8 Å². The second kappa shape index (κ2) is 9.31. The van der Waals surface area contributed by atoms with Gasteiger partial charge in [-0.05, 0) is 13.0 Å². The number of likely N-dealkylation sites (N-methyl/N-ethyl adjacent to an activating group) is 1. The highest BCUT2D eigenvalue weighted by Gasteiger charge is 2.19. The van der Waals surface area contributed by atoms with Gasteiger partial charge in [0.2, 0.25) is 0 Å². The van der Waals surface area contributed by atoms with Crippen LogP contribution >= 0.6 is 11.6 Å². The molecule has 0 amide bonds. The van der Waals surface area contributed by atoms with E-state index in [1.54, 1.807) is 13.3 Å². The van der Waals surface area contributed by atoms with Gasteiger partial charge in [-0.15, -0.1) is 0 Å². The van der Waals surface area contributed by atoms with Gasteiger partial charge in [-0.3, -0.25) is 4.68 Å². The highest BCUT2D eigenvalue weighted by atomic mass is 35.5. The number of nitrogens with one attached hydrogen (secondary N) is 1. The largest absolute Gasteiger partial charge is 0.382 e. The lowest BCUT2D eigenvalue weighted by molar-refractivity contribution is 0.0575. The van der Waals surface area contributed by atoms with E-state index >= 15 is 0 Å². The summed E-state index contributed by atoms with van der Waals surface area (Å²) in [6.45, 7) is 7.65. The molecule has 0 aliphatic heterocycles. The molecule has 1 atom stereocenters. The first-order valence-corrected chi connectivity index (χ1v) is 7.13. The average Bonchev–Trinajstić information content (AvgIpc) is 2.75. The monoisotopic (exact) mass is 289 g/mol. The summed E-state index contributed by atoms with van der Waals surface area (Å²) in [4.78, 5) is 0. The van der Waals surface area contributed by atoms with Gasteiger partial charge in [-0.25, -0.2) is 0 Å². The van der Waals surface area contributed by atoms with Crippen LogP contribution in [-0.2, 0) is 16.0 Å². The Labute approximate surface area is 120 Å². The number of aromatic nitrogens is 2. The molecule has 5 nitrogen and oxygen atoms in total. The third kappa shape index (κ3) is 5.10. The van der Waals surface area contributed by atoms with E-state index in [1.165, 1.54) is 0 Å². The Hall–Kier alpha value is -0.620. The van der Waals surface area contributed by atoms with Gasteiger partial charge in [0.15, 0.2) is 0 Å². The molecule has 0 aromatic carbocycles. The van der Waals surface area contributed by atoms with Crippen molar-refractivity contribution in [3.63, 3.8) is 0 Å². The Morgan fingerprint density at radius 3 is 2.84 bits per heavy atom. The molecule has 0 aliphatic rings. The number of ether oxygens (including phenoxy) is 2. The lowest BCUT2D eigenvalue weighted by atomic mass is 10.2. The maximum absolute atomic E-state index is 6.25. The quantitative estimate of drug-likeness (QED) is 0.671. The van der Waals surface area contributed by atoms with Crippen LogP contribution in [0.1, 0.15) is 32.0 Å². The lowest BCUT2D eigenvalue weighted by Crippen LogP contribution is -2.28. The second-order valence-electron chi connectivity index (χ2n) is 4.28. The van der Waals surface area contributed by atoms with E-state index in [9.17, 15) is 0 Å². The number of hydrogen-bond acceptors (Lipinski definition) is 4. The minimum atomic E-state index is 0.0587. The molecule has 0 bridgehead atoms.